The number of ether oxygens (including phenoxy) is 1. The molecule has 0 saturated carbocycles. The molecule has 1 aromatic rings. The Morgan fingerprint density at radius 3 is 2.72 bits per heavy atom. The van der Waals surface area contributed by atoms with Gasteiger partial charge in [0.05, 0.1) is 6.54 Å². The lowest BCUT2D eigenvalue weighted by Crippen LogP contribution is -2.31. The number of benzene rings is 1. The maximum Gasteiger partial charge on any atom is 0.239 e. The molecule has 0 fully saturated rings. The van der Waals surface area contributed by atoms with Crippen molar-refractivity contribution >= 4 is 11.6 Å². The summed E-state index contributed by atoms with van der Waals surface area (Å²) in [4.78, 5) is 11.4. The summed E-state index contributed by atoms with van der Waals surface area (Å²) in [5.74, 6) is -0.378. The Morgan fingerprint density at radius 1 is 1.33 bits per heavy atom. The summed E-state index contributed by atoms with van der Waals surface area (Å²) in [7, 11) is 0. The van der Waals surface area contributed by atoms with E-state index in [9.17, 15) is 9.18 Å². The molecule has 0 aliphatic carbocycles. The molecule has 0 heterocycles. The molecule has 100 valence electrons. The van der Waals surface area contributed by atoms with Crippen LogP contribution in [0, 0.1) is 5.82 Å². The average Bonchev–Trinajstić information content (AvgIpc) is 2.38. The molecule has 5 heteroatoms. The third-order valence-electron chi connectivity index (χ3n) is 2.29. The van der Waals surface area contributed by atoms with E-state index in [1.165, 1.54) is 12.1 Å². The van der Waals surface area contributed by atoms with E-state index in [-0.39, 0.29) is 18.3 Å². The van der Waals surface area contributed by atoms with Crippen LogP contribution in [-0.4, -0.2) is 32.2 Å². The molecule has 1 rings (SSSR count). The number of anilines is 1. The first-order valence-electron chi connectivity index (χ1n) is 6.06. The average molecular weight is 254 g/mol. The van der Waals surface area contributed by atoms with E-state index in [1.54, 1.807) is 12.1 Å². The molecular formula is C13H19FN2O2. The van der Waals surface area contributed by atoms with E-state index in [0.29, 0.717) is 19.8 Å². The maximum atomic E-state index is 12.6. The lowest BCUT2D eigenvalue weighted by atomic mass is 10.3. The van der Waals surface area contributed by atoms with E-state index in [2.05, 4.69) is 10.6 Å². The first kappa shape index (κ1) is 14.4. The fraction of sp³-hybridized carbons (Fsp3) is 0.462. The summed E-state index contributed by atoms with van der Waals surface area (Å²) >= 11 is 0. The van der Waals surface area contributed by atoms with Crippen LogP contribution < -0.4 is 10.6 Å². The highest BCUT2D eigenvalue weighted by atomic mass is 19.1. The van der Waals surface area contributed by atoms with Crippen molar-refractivity contribution in [2.75, 3.05) is 31.6 Å². The molecule has 0 saturated heterocycles. The number of hydrogen-bond acceptors (Lipinski definition) is 3. The molecule has 0 aromatic heterocycles. The number of halogens is 1. The third kappa shape index (κ3) is 6.20. The molecule has 0 unspecified atom stereocenters. The fourth-order valence-electron chi connectivity index (χ4n) is 1.36. The zero-order chi connectivity index (χ0) is 13.2. The maximum absolute atomic E-state index is 12.6. The summed E-state index contributed by atoms with van der Waals surface area (Å²) in [5.41, 5.74) is 0.723. The Bertz CT molecular complexity index is 355. The smallest absolute Gasteiger partial charge is 0.239 e. The van der Waals surface area contributed by atoms with Gasteiger partial charge in [0.25, 0.3) is 0 Å². The summed E-state index contributed by atoms with van der Waals surface area (Å²) < 4.78 is 17.8. The molecule has 0 aliphatic heterocycles. The van der Waals surface area contributed by atoms with Crippen LogP contribution in [0.2, 0.25) is 0 Å². The Labute approximate surface area is 107 Å². The quantitative estimate of drug-likeness (QED) is 0.695. The predicted molar refractivity (Wildman–Crippen MR) is 69.0 cm³/mol. The summed E-state index contributed by atoms with van der Waals surface area (Å²) in [6.07, 6.45) is 0.802. The van der Waals surface area contributed by atoms with Gasteiger partial charge in [0.1, 0.15) is 5.82 Å². The zero-order valence-corrected chi connectivity index (χ0v) is 10.5. The molecule has 1 amide bonds. The van der Waals surface area contributed by atoms with Crippen molar-refractivity contribution in [3.63, 3.8) is 0 Å². The molecule has 0 radical (unpaired) electrons. The van der Waals surface area contributed by atoms with Crippen LogP contribution in [0.1, 0.15) is 13.3 Å². The van der Waals surface area contributed by atoms with Crippen LogP contribution in [-0.2, 0) is 9.53 Å². The van der Waals surface area contributed by atoms with Crippen LogP contribution in [0.3, 0.4) is 0 Å². The first-order valence-corrected chi connectivity index (χ1v) is 6.06. The second kappa shape index (κ2) is 8.47. The van der Waals surface area contributed by atoms with Gasteiger partial charge in [-0.1, -0.05) is 0 Å². The third-order valence-corrected chi connectivity index (χ3v) is 2.29. The van der Waals surface area contributed by atoms with Gasteiger partial charge in [0, 0.05) is 25.4 Å². The van der Waals surface area contributed by atoms with E-state index >= 15 is 0 Å². The summed E-state index contributed by atoms with van der Waals surface area (Å²) in [6.45, 7) is 4.07. The topological polar surface area (TPSA) is 50.4 Å². The monoisotopic (exact) mass is 254 g/mol. The fourth-order valence-corrected chi connectivity index (χ4v) is 1.36. The lowest BCUT2D eigenvalue weighted by molar-refractivity contribution is -0.119. The molecule has 0 bridgehead atoms. The van der Waals surface area contributed by atoms with Crippen molar-refractivity contribution < 1.29 is 13.9 Å². The number of carbonyl (C=O) groups is 1. The van der Waals surface area contributed by atoms with E-state index in [1.807, 2.05) is 6.92 Å². The van der Waals surface area contributed by atoms with Gasteiger partial charge in [-0.05, 0) is 37.6 Å². The highest BCUT2D eigenvalue weighted by molar-refractivity contribution is 5.80. The summed E-state index contributed by atoms with van der Waals surface area (Å²) in [6, 6.07) is 5.89. The summed E-state index contributed by atoms with van der Waals surface area (Å²) in [5, 5.41) is 5.68. The van der Waals surface area contributed by atoms with Crippen LogP contribution in [0.5, 0.6) is 0 Å². The minimum atomic E-state index is -0.291. The Kier molecular flexibility index (Phi) is 6.79. The standard InChI is InChI=1S/C13H19FN2O2/c1-2-18-9-3-8-15-13(17)10-16-12-6-4-11(14)5-7-12/h4-7,16H,2-3,8-10H2,1H3,(H,15,17). The van der Waals surface area contributed by atoms with E-state index in [4.69, 9.17) is 4.74 Å². The van der Waals surface area contributed by atoms with E-state index in [0.717, 1.165) is 12.1 Å². The number of hydrogen-bond donors (Lipinski definition) is 2. The van der Waals surface area contributed by atoms with Crippen molar-refractivity contribution in [1.29, 1.82) is 0 Å². The zero-order valence-electron chi connectivity index (χ0n) is 10.5. The van der Waals surface area contributed by atoms with Gasteiger partial charge in [-0.2, -0.15) is 0 Å². The number of rotatable bonds is 8. The van der Waals surface area contributed by atoms with Gasteiger partial charge in [0.15, 0.2) is 0 Å². The number of amides is 1. The minimum Gasteiger partial charge on any atom is -0.382 e. The minimum absolute atomic E-state index is 0.0872. The highest BCUT2D eigenvalue weighted by Gasteiger charge is 2.00. The highest BCUT2D eigenvalue weighted by Crippen LogP contribution is 2.07. The van der Waals surface area contributed by atoms with Crippen molar-refractivity contribution in [2.45, 2.75) is 13.3 Å². The van der Waals surface area contributed by atoms with Crippen molar-refractivity contribution in [1.82, 2.24) is 5.32 Å². The second-order valence-corrected chi connectivity index (χ2v) is 3.76. The van der Waals surface area contributed by atoms with Crippen molar-refractivity contribution in [3.05, 3.63) is 30.1 Å². The normalized spacial score (nSPS) is 10.1. The Hall–Kier alpha value is -1.62. The molecule has 18 heavy (non-hydrogen) atoms. The predicted octanol–water partition coefficient (Wildman–Crippen LogP) is 1.78. The molecule has 0 aliphatic rings. The molecular weight excluding hydrogens is 235 g/mol. The molecule has 4 nitrogen and oxygen atoms in total. The van der Waals surface area contributed by atoms with Gasteiger partial charge in [0.2, 0.25) is 5.91 Å². The van der Waals surface area contributed by atoms with Crippen molar-refractivity contribution in [3.8, 4) is 0 Å². The largest absolute Gasteiger partial charge is 0.382 e. The Morgan fingerprint density at radius 2 is 2.06 bits per heavy atom. The molecule has 0 atom stereocenters. The van der Waals surface area contributed by atoms with Crippen LogP contribution in [0.15, 0.2) is 24.3 Å². The lowest BCUT2D eigenvalue weighted by Gasteiger charge is -2.07. The number of nitrogens with one attached hydrogen (secondary N) is 2. The first-order chi connectivity index (χ1) is 8.72. The van der Waals surface area contributed by atoms with Gasteiger partial charge in [-0.3, -0.25) is 4.79 Å². The van der Waals surface area contributed by atoms with Crippen molar-refractivity contribution in [2.24, 2.45) is 0 Å². The van der Waals surface area contributed by atoms with Gasteiger partial charge < -0.3 is 15.4 Å². The van der Waals surface area contributed by atoms with Crippen LogP contribution in [0.4, 0.5) is 10.1 Å². The van der Waals surface area contributed by atoms with Gasteiger partial charge in [-0.25, -0.2) is 4.39 Å². The molecule has 2 N–H and O–H groups in total. The molecule has 1 aromatic carbocycles. The van der Waals surface area contributed by atoms with Crippen LogP contribution >= 0.6 is 0 Å². The van der Waals surface area contributed by atoms with Gasteiger partial charge >= 0.3 is 0 Å². The molecule has 0 spiro atoms. The van der Waals surface area contributed by atoms with E-state index < -0.39 is 0 Å². The van der Waals surface area contributed by atoms with Gasteiger partial charge in [-0.15, -0.1) is 0 Å². The number of carbonyl (C=O) groups excluding carboxylic acids is 1. The Balaban J connectivity index is 2.11. The second-order valence-electron chi connectivity index (χ2n) is 3.76. The SMILES string of the molecule is CCOCCCNC(=O)CNc1ccc(F)cc1. The van der Waals surface area contributed by atoms with Crippen LogP contribution in [0.25, 0.3) is 0 Å².